The molecule has 144 valence electrons. The van der Waals surface area contributed by atoms with E-state index in [9.17, 15) is 9.59 Å². The summed E-state index contributed by atoms with van der Waals surface area (Å²) in [5.41, 5.74) is 5.55. The maximum atomic E-state index is 12.6. The minimum absolute atomic E-state index is 0.252. The van der Waals surface area contributed by atoms with Gasteiger partial charge in [-0.05, 0) is 50.6 Å². The van der Waals surface area contributed by atoms with E-state index in [4.69, 9.17) is 0 Å². The third-order valence-electron chi connectivity index (χ3n) is 4.60. The highest BCUT2D eigenvalue weighted by molar-refractivity contribution is 6.05. The van der Waals surface area contributed by atoms with Crippen LogP contribution in [0, 0.1) is 20.8 Å². The number of nitrogens with zero attached hydrogens (tertiary/aromatic N) is 2. The van der Waals surface area contributed by atoms with E-state index < -0.39 is 5.97 Å². The first-order valence-electron chi connectivity index (χ1n) is 8.98. The molecule has 1 heterocycles. The Hall–Kier alpha value is -3.41. The van der Waals surface area contributed by atoms with Crippen molar-refractivity contribution < 1.29 is 14.3 Å². The van der Waals surface area contributed by atoms with E-state index in [1.54, 1.807) is 24.3 Å². The fourth-order valence-corrected chi connectivity index (χ4v) is 3.08. The van der Waals surface area contributed by atoms with Crippen molar-refractivity contribution in [2.24, 2.45) is 0 Å². The van der Waals surface area contributed by atoms with E-state index >= 15 is 0 Å². The molecule has 0 aliphatic heterocycles. The Kier molecular flexibility index (Phi) is 5.59. The van der Waals surface area contributed by atoms with Gasteiger partial charge in [0.2, 0.25) is 0 Å². The molecule has 3 rings (SSSR count). The summed E-state index contributed by atoms with van der Waals surface area (Å²) in [6, 6.07) is 14.6. The number of carbonyl (C=O) groups is 2. The summed E-state index contributed by atoms with van der Waals surface area (Å²) in [5, 5.41) is 7.51. The second-order valence-electron chi connectivity index (χ2n) is 6.72. The zero-order valence-corrected chi connectivity index (χ0v) is 16.4. The van der Waals surface area contributed by atoms with Gasteiger partial charge in [0.05, 0.1) is 36.3 Å². The molecule has 1 amide bonds. The van der Waals surface area contributed by atoms with Crippen molar-refractivity contribution in [1.82, 2.24) is 9.78 Å². The van der Waals surface area contributed by atoms with E-state index in [2.05, 4.69) is 40.3 Å². The van der Waals surface area contributed by atoms with E-state index in [0.717, 1.165) is 17.0 Å². The minimum Gasteiger partial charge on any atom is -0.465 e. The van der Waals surface area contributed by atoms with Gasteiger partial charge < -0.3 is 10.1 Å². The Labute approximate surface area is 164 Å². The maximum absolute atomic E-state index is 12.6. The van der Waals surface area contributed by atoms with Crippen LogP contribution < -0.4 is 5.32 Å². The Morgan fingerprint density at radius 1 is 1.04 bits per heavy atom. The molecule has 2 aromatic carbocycles. The third-order valence-corrected chi connectivity index (χ3v) is 4.60. The number of rotatable bonds is 5. The van der Waals surface area contributed by atoms with Crippen LogP contribution in [0.25, 0.3) is 0 Å². The summed E-state index contributed by atoms with van der Waals surface area (Å²) < 4.78 is 6.56. The van der Waals surface area contributed by atoms with Crippen molar-refractivity contribution in [2.45, 2.75) is 27.3 Å². The SMILES string of the molecule is COC(=O)c1ccc(C(=O)Nc2c(C)nn(Cc3cccc(C)c3)c2C)cc1. The van der Waals surface area contributed by atoms with Gasteiger partial charge in [-0.25, -0.2) is 4.79 Å². The first-order chi connectivity index (χ1) is 13.4. The Balaban J connectivity index is 1.78. The molecule has 0 saturated heterocycles. The van der Waals surface area contributed by atoms with Gasteiger partial charge in [0, 0.05) is 5.56 Å². The molecule has 0 radical (unpaired) electrons. The molecular formula is C22H23N3O3. The van der Waals surface area contributed by atoms with Crippen molar-refractivity contribution in [3.05, 3.63) is 82.2 Å². The van der Waals surface area contributed by atoms with Crippen LogP contribution in [0.1, 0.15) is 43.2 Å². The summed E-state index contributed by atoms with van der Waals surface area (Å²) in [6.07, 6.45) is 0. The normalized spacial score (nSPS) is 10.6. The van der Waals surface area contributed by atoms with Crippen molar-refractivity contribution >= 4 is 17.6 Å². The zero-order valence-electron chi connectivity index (χ0n) is 16.4. The number of carbonyl (C=O) groups excluding carboxylic acids is 2. The highest BCUT2D eigenvalue weighted by Crippen LogP contribution is 2.21. The molecule has 0 bridgehead atoms. The number of hydrogen-bond donors (Lipinski definition) is 1. The van der Waals surface area contributed by atoms with Crippen LogP contribution in [0.4, 0.5) is 5.69 Å². The fraction of sp³-hybridized carbons (Fsp3) is 0.227. The lowest BCUT2D eigenvalue weighted by Crippen LogP contribution is -2.14. The largest absolute Gasteiger partial charge is 0.465 e. The predicted octanol–water partition coefficient (Wildman–Crippen LogP) is 3.90. The molecular weight excluding hydrogens is 354 g/mol. The molecule has 3 aromatic rings. The first-order valence-corrected chi connectivity index (χ1v) is 8.98. The van der Waals surface area contributed by atoms with E-state index in [1.807, 2.05) is 24.6 Å². The Bertz CT molecular complexity index is 1020. The van der Waals surface area contributed by atoms with Gasteiger partial charge in [0.1, 0.15) is 0 Å². The molecule has 0 aliphatic rings. The monoisotopic (exact) mass is 377 g/mol. The van der Waals surface area contributed by atoms with Crippen molar-refractivity contribution in [3.63, 3.8) is 0 Å². The molecule has 6 nitrogen and oxygen atoms in total. The van der Waals surface area contributed by atoms with Crippen LogP contribution in [-0.4, -0.2) is 28.8 Å². The van der Waals surface area contributed by atoms with Crippen LogP contribution in [0.5, 0.6) is 0 Å². The van der Waals surface area contributed by atoms with Gasteiger partial charge in [-0.15, -0.1) is 0 Å². The molecule has 0 spiro atoms. The highest BCUT2D eigenvalue weighted by atomic mass is 16.5. The smallest absolute Gasteiger partial charge is 0.337 e. The van der Waals surface area contributed by atoms with Crippen molar-refractivity contribution in [2.75, 3.05) is 12.4 Å². The molecule has 0 unspecified atom stereocenters. The number of hydrogen-bond acceptors (Lipinski definition) is 4. The lowest BCUT2D eigenvalue weighted by atomic mass is 10.1. The van der Waals surface area contributed by atoms with Gasteiger partial charge >= 0.3 is 5.97 Å². The van der Waals surface area contributed by atoms with E-state index in [0.29, 0.717) is 23.4 Å². The number of methoxy groups -OCH3 is 1. The first kappa shape index (κ1) is 19.4. The van der Waals surface area contributed by atoms with E-state index in [1.165, 1.54) is 12.7 Å². The fourth-order valence-electron chi connectivity index (χ4n) is 3.08. The maximum Gasteiger partial charge on any atom is 0.337 e. The number of aryl methyl sites for hydroxylation is 2. The van der Waals surface area contributed by atoms with E-state index in [-0.39, 0.29) is 5.91 Å². The molecule has 0 atom stereocenters. The number of esters is 1. The molecule has 6 heteroatoms. The zero-order chi connectivity index (χ0) is 20.3. The summed E-state index contributed by atoms with van der Waals surface area (Å²) in [7, 11) is 1.32. The average Bonchev–Trinajstić information content (AvgIpc) is 2.94. The summed E-state index contributed by atoms with van der Waals surface area (Å²) in [6.45, 7) is 6.50. The van der Waals surface area contributed by atoms with Gasteiger partial charge in [-0.3, -0.25) is 9.48 Å². The van der Waals surface area contributed by atoms with Gasteiger partial charge in [0.15, 0.2) is 0 Å². The second-order valence-corrected chi connectivity index (χ2v) is 6.72. The van der Waals surface area contributed by atoms with Crippen LogP contribution >= 0.6 is 0 Å². The van der Waals surface area contributed by atoms with Gasteiger partial charge in [0.25, 0.3) is 5.91 Å². The topological polar surface area (TPSA) is 73.2 Å². The standard InChI is InChI=1S/C22H23N3O3/c1-14-6-5-7-17(12-14)13-25-16(3)20(15(2)24-25)23-21(26)18-8-10-19(11-9-18)22(27)28-4/h5-12H,13H2,1-4H3,(H,23,26). The minimum atomic E-state index is -0.434. The second kappa shape index (κ2) is 8.08. The summed E-state index contributed by atoms with van der Waals surface area (Å²) >= 11 is 0. The number of ether oxygens (including phenoxy) is 1. The molecule has 1 aromatic heterocycles. The predicted molar refractivity (Wildman–Crippen MR) is 108 cm³/mol. The van der Waals surface area contributed by atoms with Gasteiger partial charge in [-0.1, -0.05) is 29.8 Å². The number of anilines is 1. The molecule has 0 aliphatic carbocycles. The quantitative estimate of drug-likeness (QED) is 0.685. The lowest BCUT2D eigenvalue weighted by molar-refractivity contribution is 0.0600. The van der Waals surface area contributed by atoms with Gasteiger partial charge in [-0.2, -0.15) is 5.10 Å². The molecule has 0 fully saturated rings. The third kappa shape index (κ3) is 4.11. The lowest BCUT2D eigenvalue weighted by Gasteiger charge is -2.08. The molecule has 0 saturated carbocycles. The van der Waals surface area contributed by atoms with Crippen LogP contribution in [-0.2, 0) is 11.3 Å². The molecule has 1 N–H and O–H groups in total. The van der Waals surface area contributed by atoms with Crippen molar-refractivity contribution in [3.8, 4) is 0 Å². The number of amides is 1. The Morgan fingerprint density at radius 2 is 1.71 bits per heavy atom. The van der Waals surface area contributed by atoms with Crippen LogP contribution in [0.2, 0.25) is 0 Å². The number of benzene rings is 2. The van der Waals surface area contributed by atoms with Crippen molar-refractivity contribution in [1.29, 1.82) is 0 Å². The van der Waals surface area contributed by atoms with Crippen LogP contribution in [0.3, 0.4) is 0 Å². The Morgan fingerprint density at radius 3 is 2.36 bits per heavy atom. The highest BCUT2D eigenvalue weighted by Gasteiger charge is 2.16. The number of nitrogens with one attached hydrogen (secondary N) is 1. The number of aromatic nitrogens is 2. The summed E-state index contributed by atoms with van der Waals surface area (Å²) in [5.74, 6) is -0.686. The van der Waals surface area contributed by atoms with Crippen LogP contribution in [0.15, 0.2) is 48.5 Å². The average molecular weight is 377 g/mol. The summed E-state index contributed by atoms with van der Waals surface area (Å²) in [4.78, 5) is 24.1. The molecule has 28 heavy (non-hydrogen) atoms.